The summed E-state index contributed by atoms with van der Waals surface area (Å²) in [6.07, 6.45) is 2.74. The summed E-state index contributed by atoms with van der Waals surface area (Å²) in [7, 11) is 1.55. The van der Waals surface area contributed by atoms with Crippen LogP contribution in [0.25, 0.3) is 0 Å². The zero-order valence-electron chi connectivity index (χ0n) is 13.4. The van der Waals surface area contributed by atoms with E-state index in [1.165, 1.54) is 16.0 Å². The van der Waals surface area contributed by atoms with Crippen LogP contribution < -0.4 is 0 Å². The number of likely N-dealkylation sites (N-methyl/N-ethyl adjacent to an activating group) is 1. The molecule has 2 amide bonds. The van der Waals surface area contributed by atoms with Gasteiger partial charge in [-0.2, -0.15) is 0 Å². The lowest BCUT2D eigenvalue weighted by atomic mass is 9.98. The van der Waals surface area contributed by atoms with Gasteiger partial charge >= 0.3 is 5.97 Å². The Morgan fingerprint density at radius 2 is 2.13 bits per heavy atom. The minimum absolute atomic E-state index is 0.0704. The summed E-state index contributed by atoms with van der Waals surface area (Å²) in [5.74, 6) is -1.91. The van der Waals surface area contributed by atoms with Crippen LogP contribution in [0.4, 0.5) is 0 Å². The van der Waals surface area contributed by atoms with Crippen molar-refractivity contribution in [1.29, 1.82) is 0 Å². The number of aliphatic carboxylic acids is 1. The van der Waals surface area contributed by atoms with E-state index >= 15 is 0 Å². The Kier molecular flexibility index (Phi) is 5.31. The second-order valence-electron chi connectivity index (χ2n) is 5.87. The number of aromatic nitrogens is 1. The van der Waals surface area contributed by atoms with Gasteiger partial charge in [-0.1, -0.05) is 0 Å². The molecule has 2 rings (SSSR count). The van der Waals surface area contributed by atoms with Crippen molar-refractivity contribution in [2.75, 3.05) is 26.7 Å². The van der Waals surface area contributed by atoms with E-state index in [2.05, 4.69) is 4.98 Å². The third-order valence-corrected chi connectivity index (χ3v) is 4.00. The molecule has 124 valence electrons. The first-order chi connectivity index (χ1) is 10.9. The van der Waals surface area contributed by atoms with Crippen LogP contribution >= 0.6 is 0 Å². The number of nitrogens with zero attached hydrogens (tertiary/aromatic N) is 3. The highest BCUT2D eigenvalue weighted by Gasteiger charge is 2.29. The van der Waals surface area contributed by atoms with Gasteiger partial charge in [-0.05, 0) is 31.9 Å². The largest absolute Gasteiger partial charge is 0.481 e. The minimum atomic E-state index is -0.877. The van der Waals surface area contributed by atoms with Crippen molar-refractivity contribution in [3.8, 4) is 0 Å². The fourth-order valence-corrected chi connectivity index (χ4v) is 2.59. The van der Waals surface area contributed by atoms with Crippen molar-refractivity contribution in [3.05, 3.63) is 29.6 Å². The third-order valence-electron chi connectivity index (χ3n) is 4.00. The summed E-state index contributed by atoms with van der Waals surface area (Å²) in [5, 5.41) is 9.07. The van der Waals surface area contributed by atoms with Gasteiger partial charge in [0.15, 0.2) is 0 Å². The molecular formula is C16H21N3O4. The van der Waals surface area contributed by atoms with Crippen LogP contribution in [0, 0.1) is 12.8 Å². The molecule has 1 unspecified atom stereocenters. The zero-order valence-corrected chi connectivity index (χ0v) is 13.4. The van der Waals surface area contributed by atoms with Gasteiger partial charge in [-0.25, -0.2) is 0 Å². The van der Waals surface area contributed by atoms with Crippen molar-refractivity contribution in [1.82, 2.24) is 14.8 Å². The van der Waals surface area contributed by atoms with Gasteiger partial charge in [0.05, 0.1) is 18.0 Å². The van der Waals surface area contributed by atoms with E-state index in [9.17, 15) is 14.4 Å². The normalized spacial score (nSPS) is 17.7. The Hall–Kier alpha value is -2.44. The van der Waals surface area contributed by atoms with Crippen LogP contribution in [0.1, 0.15) is 28.9 Å². The maximum Gasteiger partial charge on any atom is 0.308 e. The van der Waals surface area contributed by atoms with Crippen LogP contribution in [0.5, 0.6) is 0 Å². The SMILES string of the molecule is Cc1ccc(C(=O)N(C)CC(=O)N2CCCC(C(=O)O)C2)cn1. The second-order valence-corrected chi connectivity index (χ2v) is 5.87. The molecule has 7 heteroatoms. The molecular weight excluding hydrogens is 298 g/mol. The summed E-state index contributed by atoms with van der Waals surface area (Å²) in [6.45, 7) is 2.51. The highest BCUT2D eigenvalue weighted by atomic mass is 16.4. The molecule has 0 aliphatic carbocycles. The molecule has 1 aromatic rings. The molecule has 1 saturated heterocycles. The lowest BCUT2D eigenvalue weighted by Gasteiger charge is -2.32. The predicted molar refractivity (Wildman–Crippen MR) is 82.9 cm³/mol. The fraction of sp³-hybridized carbons (Fsp3) is 0.500. The third kappa shape index (κ3) is 4.28. The Morgan fingerprint density at radius 3 is 2.74 bits per heavy atom. The quantitative estimate of drug-likeness (QED) is 0.886. The van der Waals surface area contributed by atoms with Gasteiger partial charge in [0.25, 0.3) is 5.91 Å². The number of aryl methyl sites for hydroxylation is 1. The number of hydrogen-bond donors (Lipinski definition) is 1. The molecule has 0 aromatic carbocycles. The molecule has 1 aliphatic heterocycles. The van der Waals surface area contributed by atoms with E-state index < -0.39 is 11.9 Å². The van der Waals surface area contributed by atoms with Crippen molar-refractivity contribution in [2.24, 2.45) is 5.92 Å². The number of rotatable bonds is 4. The van der Waals surface area contributed by atoms with Crippen LogP contribution in [-0.2, 0) is 9.59 Å². The number of likely N-dealkylation sites (tertiary alicyclic amines) is 1. The van der Waals surface area contributed by atoms with Crippen molar-refractivity contribution < 1.29 is 19.5 Å². The fourth-order valence-electron chi connectivity index (χ4n) is 2.59. The monoisotopic (exact) mass is 319 g/mol. The Labute approximate surface area is 134 Å². The Balaban J connectivity index is 1.95. The van der Waals surface area contributed by atoms with E-state index in [1.54, 1.807) is 19.2 Å². The van der Waals surface area contributed by atoms with Gasteiger partial charge in [0.1, 0.15) is 0 Å². The van der Waals surface area contributed by atoms with Gasteiger partial charge in [-0.15, -0.1) is 0 Å². The molecule has 0 radical (unpaired) electrons. The van der Waals surface area contributed by atoms with Gasteiger partial charge in [-0.3, -0.25) is 19.4 Å². The second kappa shape index (κ2) is 7.21. The van der Waals surface area contributed by atoms with E-state index in [0.717, 1.165) is 5.69 Å². The van der Waals surface area contributed by atoms with E-state index in [4.69, 9.17) is 5.11 Å². The number of carboxylic acid groups (broad SMARTS) is 1. The number of carbonyl (C=O) groups is 3. The molecule has 1 aromatic heterocycles. The first-order valence-electron chi connectivity index (χ1n) is 7.57. The number of carbonyl (C=O) groups excluding carboxylic acids is 2. The smallest absolute Gasteiger partial charge is 0.308 e. The van der Waals surface area contributed by atoms with Crippen molar-refractivity contribution in [3.63, 3.8) is 0 Å². The standard InChI is InChI=1S/C16H21N3O4/c1-11-5-6-12(8-17-11)15(21)18(2)10-14(20)19-7-3-4-13(9-19)16(22)23/h5-6,8,13H,3-4,7,9-10H2,1-2H3,(H,22,23). The summed E-state index contributed by atoms with van der Waals surface area (Å²) < 4.78 is 0. The molecule has 0 bridgehead atoms. The number of pyridine rings is 1. The summed E-state index contributed by atoms with van der Waals surface area (Å²) in [4.78, 5) is 42.5. The highest BCUT2D eigenvalue weighted by molar-refractivity contribution is 5.96. The number of piperidine rings is 1. The highest BCUT2D eigenvalue weighted by Crippen LogP contribution is 2.17. The van der Waals surface area contributed by atoms with Crippen molar-refractivity contribution in [2.45, 2.75) is 19.8 Å². The van der Waals surface area contributed by atoms with E-state index in [-0.39, 0.29) is 24.9 Å². The Morgan fingerprint density at radius 1 is 1.39 bits per heavy atom. The molecule has 7 nitrogen and oxygen atoms in total. The minimum Gasteiger partial charge on any atom is -0.481 e. The molecule has 0 saturated carbocycles. The molecule has 0 spiro atoms. The lowest BCUT2D eigenvalue weighted by molar-refractivity contribution is -0.145. The average molecular weight is 319 g/mol. The Bertz CT molecular complexity index is 600. The first kappa shape index (κ1) is 16.9. The summed E-state index contributed by atoms with van der Waals surface area (Å²) in [5.41, 5.74) is 1.24. The molecule has 1 fully saturated rings. The molecule has 1 aliphatic rings. The van der Waals surface area contributed by atoms with Crippen LogP contribution in [0.2, 0.25) is 0 Å². The molecule has 23 heavy (non-hydrogen) atoms. The zero-order chi connectivity index (χ0) is 17.0. The van der Waals surface area contributed by atoms with Crippen LogP contribution in [-0.4, -0.2) is 64.4 Å². The van der Waals surface area contributed by atoms with Gasteiger partial charge < -0.3 is 14.9 Å². The van der Waals surface area contributed by atoms with Gasteiger partial charge in [0, 0.05) is 32.0 Å². The predicted octanol–water partition coefficient (Wildman–Crippen LogP) is 0.785. The lowest BCUT2D eigenvalue weighted by Crippen LogP contribution is -2.46. The van der Waals surface area contributed by atoms with E-state index in [1.807, 2.05) is 6.92 Å². The van der Waals surface area contributed by atoms with Crippen LogP contribution in [0.3, 0.4) is 0 Å². The number of hydrogen-bond acceptors (Lipinski definition) is 4. The molecule has 1 N–H and O–H groups in total. The number of carboxylic acids is 1. The maximum absolute atomic E-state index is 12.3. The van der Waals surface area contributed by atoms with E-state index in [0.29, 0.717) is 24.9 Å². The summed E-state index contributed by atoms with van der Waals surface area (Å²) >= 11 is 0. The molecule has 2 heterocycles. The summed E-state index contributed by atoms with van der Waals surface area (Å²) in [6, 6.07) is 3.41. The molecule has 1 atom stereocenters. The topological polar surface area (TPSA) is 90.8 Å². The van der Waals surface area contributed by atoms with Gasteiger partial charge in [0.2, 0.25) is 5.91 Å². The van der Waals surface area contributed by atoms with Crippen LogP contribution in [0.15, 0.2) is 18.3 Å². The van der Waals surface area contributed by atoms with Crippen molar-refractivity contribution >= 4 is 17.8 Å². The first-order valence-corrected chi connectivity index (χ1v) is 7.57. The maximum atomic E-state index is 12.3. The number of amides is 2. The average Bonchev–Trinajstić information content (AvgIpc) is 2.54.